The van der Waals surface area contributed by atoms with Crippen LogP contribution in [0, 0.1) is 0 Å². The van der Waals surface area contributed by atoms with Crippen molar-refractivity contribution in [1.29, 1.82) is 0 Å². The van der Waals surface area contributed by atoms with Crippen LogP contribution in [0.5, 0.6) is 0 Å². The SMILES string of the molecule is NCC(c1ccccc1)c1nc(CCC(F)(F)F)no1. The number of aromatic nitrogens is 2. The average molecular weight is 285 g/mol. The second-order valence-corrected chi connectivity index (χ2v) is 4.36. The molecule has 108 valence electrons. The molecule has 0 aliphatic carbocycles. The van der Waals surface area contributed by atoms with E-state index in [0.29, 0.717) is 0 Å². The molecular formula is C13H14F3N3O. The van der Waals surface area contributed by atoms with Crippen LogP contribution in [0.3, 0.4) is 0 Å². The van der Waals surface area contributed by atoms with Gasteiger partial charge in [-0.25, -0.2) is 0 Å². The van der Waals surface area contributed by atoms with Crippen molar-refractivity contribution in [3.05, 3.63) is 47.6 Å². The summed E-state index contributed by atoms with van der Waals surface area (Å²) in [6.07, 6.45) is -5.49. The first-order valence-corrected chi connectivity index (χ1v) is 6.14. The number of aryl methyl sites for hydroxylation is 1. The van der Waals surface area contributed by atoms with E-state index in [1.165, 1.54) is 0 Å². The van der Waals surface area contributed by atoms with Gasteiger partial charge in [0.1, 0.15) is 0 Å². The van der Waals surface area contributed by atoms with Gasteiger partial charge in [0.2, 0.25) is 5.89 Å². The minimum Gasteiger partial charge on any atom is -0.339 e. The lowest BCUT2D eigenvalue weighted by molar-refractivity contribution is -0.134. The molecule has 1 aromatic carbocycles. The minimum absolute atomic E-state index is 0.0479. The molecule has 0 aliphatic heterocycles. The largest absolute Gasteiger partial charge is 0.389 e. The van der Waals surface area contributed by atoms with Crippen LogP contribution in [0.1, 0.15) is 29.6 Å². The number of hydrogen-bond acceptors (Lipinski definition) is 4. The molecular weight excluding hydrogens is 271 g/mol. The molecule has 0 bridgehead atoms. The molecule has 0 fully saturated rings. The molecule has 1 aromatic heterocycles. The molecule has 2 N–H and O–H groups in total. The lowest BCUT2D eigenvalue weighted by Gasteiger charge is -2.09. The van der Waals surface area contributed by atoms with Crippen LogP contribution in [-0.2, 0) is 6.42 Å². The Hall–Kier alpha value is -1.89. The van der Waals surface area contributed by atoms with Gasteiger partial charge in [-0.1, -0.05) is 35.5 Å². The van der Waals surface area contributed by atoms with Gasteiger partial charge in [-0.15, -0.1) is 0 Å². The van der Waals surface area contributed by atoms with Crippen LogP contribution in [0.2, 0.25) is 0 Å². The number of benzene rings is 1. The van der Waals surface area contributed by atoms with Crippen molar-refractivity contribution >= 4 is 0 Å². The van der Waals surface area contributed by atoms with E-state index in [0.717, 1.165) is 5.56 Å². The molecule has 1 heterocycles. The maximum atomic E-state index is 12.1. The van der Waals surface area contributed by atoms with E-state index in [9.17, 15) is 13.2 Å². The van der Waals surface area contributed by atoms with Crippen molar-refractivity contribution in [2.24, 2.45) is 5.73 Å². The summed E-state index contributed by atoms with van der Waals surface area (Å²) in [4.78, 5) is 4.00. The standard InChI is InChI=1S/C13H14F3N3O/c14-13(15,16)7-6-11-18-12(20-19-11)10(8-17)9-4-2-1-3-5-9/h1-5,10H,6-8,17H2. The van der Waals surface area contributed by atoms with Gasteiger partial charge in [-0.05, 0) is 5.56 Å². The van der Waals surface area contributed by atoms with E-state index in [2.05, 4.69) is 10.1 Å². The molecule has 20 heavy (non-hydrogen) atoms. The van der Waals surface area contributed by atoms with Crippen molar-refractivity contribution in [2.45, 2.75) is 24.9 Å². The van der Waals surface area contributed by atoms with Gasteiger partial charge in [0.05, 0.1) is 12.3 Å². The molecule has 0 saturated heterocycles. The molecule has 7 heteroatoms. The highest BCUT2D eigenvalue weighted by atomic mass is 19.4. The molecule has 1 atom stereocenters. The van der Waals surface area contributed by atoms with Crippen molar-refractivity contribution in [1.82, 2.24) is 10.1 Å². The van der Waals surface area contributed by atoms with Gasteiger partial charge in [0.15, 0.2) is 5.82 Å². The van der Waals surface area contributed by atoms with Crippen molar-refractivity contribution in [2.75, 3.05) is 6.54 Å². The Bertz CT molecular complexity index is 539. The third-order valence-electron chi connectivity index (χ3n) is 2.85. The van der Waals surface area contributed by atoms with E-state index >= 15 is 0 Å². The molecule has 2 aromatic rings. The molecule has 0 radical (unpaired) electrons. The topological polar surface area (TPSA) is 64.9 Å². The summed E-state index contributed by atoms with van der Waals surface area (Å²) in [6, 6.07) is 9.27. The first kappa shape index (κ1) is 14.5. The lowest BCUT2D eigenvalue weighted by atomic mass is 9.99. The van der Waals surface area contributed by atoms with E-state index in [4.69, 9.17) is 10.3 Å². The fourth-order valence-electron chi connectivity index (χ4n) is 1.83. The predicted molar refractivity (Wildman–Crippen MR) is 66.0 cm³/mol. The van der Waals surface area contributed by atoms with Crippen LogP contribution >= 0.6 is 0 Å². The van der Waals surface area contributed by atoms with E-state index in [-0.39, 0.29) is 30.6 Å². The predicted octanol–water partition coefficient (Wildman–Crippen LogP) is 2.66. The third-order valence-corrected chi connectivity index (χ3v) is 2.85. The quantitative estimate of drug-likeness (QED) is 0.917. The van der Waals surface area contributed by atoms with Crippen LogP contribution in [0.25, 0.3) is 0 Å². The number of rotatable bonds is 5. The molecule has 0 saturated carbocycles. The number of halogens is 3. The molecule has 0 spiro atoms. The summed E-state index contributed by atoms with van der Waals surface area (Å²) >= 11 is 0. The fourth-order valence-corrected chi connectivity index (χ4v) is 1.83. The van der Waals surface area contributed by atoms with Crippen molar-refractivity contribution in [3.8, 4) is 0 Å². The third kappa shape index (κ3) is 3.80. The first-order chi connectivity index (χ1) is 9.49. The second-order valence-electron chi connectivity index (χ2n) is 4.36. The Morgan fingerprint density at radius 2 is 1.90 bits per heavy atom. The second kappa shape index (κ2) is 6.04. The van der Waals surface area contributed by atoms with Crippen LogP contribution in [0.4, 0.5) is 13.2 Å². The highest BCUT2D eigenvalue weighted by molar-refractivity contribution is 5.24. The smallest absolute Gasteiger partial charge is 0.339 e. The summed E-state index contributed by atoms with van der Waals surface area (Å²) in [5.74, 6) is -0.00841. The van der Waals surface area contributed by atoms with Gasteiger partial charge in [-0.3, -0.25) is 0 Å². The summed E-state index contributed by atoms with van der Waals surface area (Å²) in [5, 5.41) is 3.57. The normalized spacial score (nSPS) is 13.4. The van der Waals surface area contributed by atoms with Crippen LogP contribution in [-0.4, -0.2) is 22.9 Å². The average Bonchev–Trinajstić information content (AvgIpc) is 2.87. The van der Waals surface area contributed by atoms with E-state index in [1.807, 2.05) is 30.3 Å². The van der Waals surface area contributed by atoms with Gasteiger partial charge in [0, 0.05) is 13.0 Å². The zero-order valence-electron chi connectivity index (χ0n) is 10.6. The van der Waals surface area contributed by atoms with Gasteiger partial charge < -0.3 is 10.3 Å². The molecule has 0 amide bonds. The number of alkyl halides is 3. The molecule has 0 aliphatic rings. The number of nitrogens with two attached hydrogens (primary N) is 1. The number of nitrogens with zero attached hydrogens (tertiary/aromatic N) is 2. The maximum Gasteiger partial charge on any atom is 0.389 e. The highest BCUT2D eigenvalue weighted by Gasteiger charge is 2.28. The van der Waals surface area contributed by atoms with Crippen LogP contribution < -0.4 is 5.73 Å². The highest BCUT2D eigenvalue weighted by Crippen LogP contribution is 2.24. The summed E-state index contributed by atoms with van der Waals surface area (Å²) in [7, 11) is 0. The maximum absolute atomic E-state index is 12.1. The van der Waals surface area contributed by atoms with Crippen molar-refractivity contribution in [3.63, 3.8) is 0 Å². The fraction of sp³-hybridized carbons (Fsp3) is 0.385. The molecule has 2 rings (SSSR count). The van der Waals surface area contributed by atoms with Gasteiger partial charge in [-0.2, -0.15) is 18.2 Å². The zero-order chi connectivity index (χ0) is 14.6. The first-order valence-electron chi connectivity index (χ1n) is 6.14. The van der Waals surface area contributed by atoms with Gasteiger partial charge in [0.25, 0.3) is 0 Å². The molecule has 1 unspecified atom stereocenters. The Labute approximate surface area is 113 Å². The van der Waals surface area contributed by atoms with E-state index < -0.39 is 12.6 Å². The summed E-state index contributed by atoms with van der Waals surface area (Å²) in [6.45, 7) is 0.241. The van der Waals surface area contributed by atoms with E-state index in [1.54, 1.807) is 0 Å². The Morgan fingerprint density at radius 3 is 2.50 bits per heavy atom. The number of hydrogen-bond donors (Lipinski definition) is 1. The van der Waals surface area contributed by atoms with Crippen molar-refractivity contribution < 1.29 is 17.7 Å². The zero-order valence-corrected chi connectivity index (χ0v) is 10.6. The monoisotopic (exact) mass is 285 g/mol. The Morgan fingerprint density at radius 1 is 1.20 bits per heavy atom. The lowest BCUT2D eigenvalue weighted by Crippen LogP contribution is -2.14. The Balaban J connectivity index is 2.11. The minimum atomic E-state index is -4.23. The summed E-state index contributed by atoms with van der Waals surface area (Å²) in [5.41, 5.74) is 6.57. The Kier molecular flexibility index (Phi) is 4.39. The summed E-state index contributed by atoms with van der Waals surface area (Å²) < 4.78 is 41.4. The van der Waals surface area contributed by atoms with Crippen LogP contribution in [0.15, 0.2) is 34.9 Å². The molecule has 4 nitrogen and oxygen atoms in total. The van der Waals surface area contributed by atoms with Gasteiger partial charge >= 0.3 is 6.18 Å².